The molecule has 1 aliphatic heterocycles. The molecule has 4 aliphatic carbocycles. The maximum Gasteiger partial charge on any atom is 0.456 e. The minimum Gasteiger partial charge on any atom is -0.467 e. The molecule has 2 N–H and O–H groups in total. The van der Waals surface area contributed by atoms with Gasteiger partial charge in [0.05, 0.1) is 25.9 Å². The summed E-state index contributed by atoms with van der Waals surface area (Å²) in [6.07, 6.45) is -4.95. The van der Waals surface area contributed by atoms with Gasteiger partial charge in [0, 0.05) is 35.2 Å². The number of fused-ring (bicyclic) bond motifs is 4. The van der Waals surface area contributed by atoms with Crippen LogP contribution in [0.15, 0.2) is 35.4 Å². The zero-order valence-electron chi connectivity index (χ0n) is 28.4. The van der Waals surface area contributed by atoms with E-state index in [2.05, 4.69) is 16.6 Å². The van der Waals surface area contributed by atoms with Crippen LogP contribution in [0.1, 0.15) is 89.2 Å². The van der Waals surface area contributed by atoms with Gasteiger partial charge in [0.1, 0.15) is 18.8 Å². The molecule has 6 rings (SSSR count). The normalized spacial score (nSPS) is 35.1. The van der Waals surface area contributed by atoms with Crippen molar-refractivity contribution in [2.24, 2.45) is 22.7 Å². The molecule has 0 bridgehead atoms. The molecule has 1 spiro atoms. The van der Waals surface area contributed by atoms with E-state index >= 15 is 8.78 Å². The number of aliphatic hydroxyl groups is 2. The van der Waals surface area contributed by atoms with Crippen LogP contribution < -0.4 is 0 Å². The summed E-state index contributed by atoms with van der Waals surface area (Å²) in [5.74, 6) is -2.72. The fourth-order valence-electron chi connectivity index (χ4n) is 9.49. The van der Waals surface area contributed by atoms with Crippen LogP contribution in [0.5, 0.6) is 0 Å². The molecule has 0 radical (unpaired) electrons. The molecule has 1 aromatic carbocycles. The van der Waals surface area contributed by atoms with Crippen LogP contribution >= 0.6 is 0 Å². The Morgan fingerprint density at radius 3 is 2.31 bits per heavy atom. The zero-order chi connectivity index (χ0) is 35.7. The van der Waals surface area contributed by atoms with Gasteiger partial charge in [-0.3, -0.25) is 0 Å². The molecule has 0 aromatic heterocycles. The molecule has 12 heteroatoms. The molecule has 5 aliphatic rings. The molecule has 0 unspecified atom stereocenters. The van der Waals surface area contributed by atoms with Gasteiger partial charge >= 0.3 is 18.1 Å². The van der Waals surface area contributed by atoms with Crippen molar-refractivity contribution in [1.82, 2.24) is 0 Å². The maximum absolute atomic E-state index is 15.4. The van der Waals surface area contributed by atoms with E-state index in [1.165, 1.54) is 14.0 Å². The van der Waals surface area contributed by atoms with Crippen molar-refractivity contribution in [3.63, 3.8) is 0 Å². The second-order valence-electron chi connectivity index (χ2n) is 15.7. The highest BCUT2D eigenvalue weighted by Crippen LogP contribution is 2.71. The Hall–Kier alpha value is -2.56. The van der Waals surface area contributed by atoms with Crippen molar-refractivity contribution in [3.8, 4) is 11.8 Å². The number of esters is 1. The van der Waals surface area contributed by atoms with E-state index in [0.717, 1.165) is 11.1 Å². The van der Waals surface area contributed by atoms with Crippen molar-refractivity contribution in [2.75, 3.05) is 33.5 Å². The number of halogens is 5. The van der Waals surface area contributed by atoms with Crippen molar-refractivity contribution < 1.29 is 55.9 Å². The number of allylic oxidation sites excluding steroid dienone is 1. The Morgan fingerprint density at radius 1 is 1.00 bits per heavy atom. The molecule has 4 fully saturated rings. The Labute approximate surface area is 283 Å². The Balaban J connectivity index is 1.38. The minimum absolute atomic E-state index is 0.0169. The highest BCUT2D eigenvalue weighted by Gasteiger charge is 2.79. The van der Waals surface area contributed by atoms with Gasteiger partial charge in [-0.15, -0.1) is 0 Å². The maximum atomic E-state index is 15.4. The van der Waals surface area contributed by atoms with Gasteiger partial charge in [-0.2, -0.15) is 22.0 Å². The molecule has 3 saturated carbocycles. The summed E-state index contributed by atoms with van der Waals surface area (Å²) in [5, 5.41) is 23.9. The lowest BCUT2D eigenvalue weighted by atomic mass is 9.49. The van der Waals surface area contributed by atoms with Crippen LogP contribution in [-0.2, 0) is 23.7 Å². The molecule has 0 amide bonds. The van der Waals surface area contributed by atoms with Gasteiger partial charge < -0.3 is 29.2 Å². The molecular formula is C37H45F5O7. The van der Waals surface area contributed by atoms with Crippen LogP contribution in [0.3, 0.4) is 0 Å². The van der Waals surface area contributed by atoms with E-state index in [1.807, 2.05) is 13.8 Å². The topological polar surface area (TPSA) is 94.5 Å². The molecule has 1 saturated heterocycles. The molecule has 1 heterocycles. The van der Waals surface area contributed by atoms with E-state index in [4.69, 9.17) is 14.2 Å². The standard InChI is InChI=1S/C37H45F5O7/c1-31(2)21-48-34(49-22-31)15-12-28-30-25(11-14-33(28,44)20-34)27-13-16-35(45,36(38,39)37(40,41)42)32(27,3)18-26(30)24-9-7-23(8-10-24)6-5-17-47-19-29(43)46-4/h7-10,25-27,44-45H,11-22H2,1-4H3/t25-,26+,27-,32-,33+,35-/m0/s1. The van der Waals surface area contributed by atoms with Crippen molar-refractivity contribution in [1.29, 1.82) is 0 Å². The smallest absolute Gasteiger partial charge is 0.456 e. The van der Waals surface area contributed by atoms with Crippen LogP contribution in [0.25, 0.3) is 0 Å². The Kier molecular flexibility index (Phi) is 9.09. The summed E-state index contributed by atoms with van der Waals surface area (Å²) in [7, 11) is 1.25. The summed E-state index contributed by atoms with van der Waals surface area (Å²) < 4.78 is 94.8. The average molecular weight is 697 g/mol. The first-order chi connectivity index (χ1) is 22.8. The van der Waals surface area contributed by atoms with E-state index in [9.17, 15) is 28.2 Å². The Morgan fingerprint density at radius 2 is 1.67 bits per heavy atom. The number of alkyl halides is 5. The lowest BCUT2D eigenvalue weighted by molar-refractivity contribution is -0.362. The first-order valence-corrected chi connectivity index (χ1v) is 16.9. The predicted molar refractivity (Wildman–Crippen MR) is 167 cm³/mol. The van der Waals surface area contributed by atoms with E-state index in [0.29, 0.717) is 43.6 Å². The van der Waals surface area contributed by atoms with Crippen LogP contribution in [0, 0.1) is 34.5 Å². The first kappa shape index (κ1) is 36.2. The highest BCUT2D eigenvalue weighted by atomic mass is 19.4. The summed E-state index contributed by atoms with van der Waals surface area (Å²) >= 11 is 0. The number of ether oxygens (including phenoxy) is 4. The third-order valence-electron chi connectivity index (χ3n) is 12.1. The SMILES string of the molecule is COC(=O)COCC#Cc1ccc([C@H]2C[C@@]3(C)[C@@H](CC[C@@]3(O)C(F)(F)C(F)(F)F)[C@@H]3CC[C@@]4(O)CC5(CCC4=C32)OCC(C)(C)CO5)cc1. The van der Waals surface area contributed by atoms with E-state index < -0.39 is 64.6 Å². The first-order valence-electron chi connectivity index (χ1n) is 16.9. The Bertz CT molecular complexity index is 1530. The molecular weight excluding hydrogens is 651 g/mol. The number of hydrogen-bond acceptors (Lipinski definition) is 7. The van der Waals surface area contributed by atoms with E-state index in [-0.39, 0.29) is 44.3 Å². The van der Waals surface area contributed by atoms with Crippen LogP contribution in [0.2, 0.25) is 0 Å². The zero-order valence-corrected chi connectivity index (χ0v) is 28.4. The number of carbonyl (C=O) groups excluding carboxylic acids is 1. The molecule has 6 atom stereocenters. The van der Waals surface area contributed by atoms with Crippen molar-refractivity contribution in [2.45, 2.75) is 107 Å². The summed E-state index contributed by atoms with van der Waals surface area (Å²) in [5.41, 5.74) is -3.57. The molecule has 1 aromatic rings. The highest BCUT2D eigenvalue weighted by molar-refractivity contribution is 5.70. The summed E-state index contributed by atoms with van der Waals surface area (Å²) in [4.78, 5) is 11.2. The number of benzene rings is 1. The van der Waals surface area contributed by atoms with Gasteiger partial charge in [0.25, 0.3) is 0 Å². The van der Waals surface area contributed by atoms with Crippen LogP contribution in [-0.4, -0.2) is 78.8 Å². The van der Waals surface area contributed by atoms with Gasteiger partial charge in [-0.25, -0.2) is 4.79 Å². The number of rotatable bonds is 5. The van der Waals surface area contributed by atoms with E-state index in [1.54, 1.807) is 24.3 Å². The lowest BCUT2D eigenvalue weighted by Crippen LogP contribution is -2.65. The predicted octanol–water partition coefficient (Wildman–Crippen LogP) is 6.45. The van der Waals surface area contributed by atoms with Crippen molar-refractivity contribution >= 4 is 5.97 Å². The van der Waals surface area contributed by atoms with Gasteiger partial charge in [0.2, 0.25) is 0 Å². The average Bonchev–Trinajstić information content (AvgIpc) is 3.32. The second-order valence-corrected chi connectivity index (χ2v) is 15.7. The lowest BCUT2D eigenvalue weighted by Gasteiger charge is -2.59. The summed E-state index contributed by atoms with van der Waals surface area (Å²) in [6, 6.07) is 7.03. The van der Waals surface area contributed by atoms with Crippen molar-refractivity contribution in [3.05, 3.63) is 46.5 Å². The monoisotopic (exact) mass is 696 g/mol. The molecule has 270 valence electrons. The number of hydrogen-bond donors (Lipinski definition) is 2. The number of carbonyl (C=O) groups is 1. The quantitative estimate of drug-likeness (QED) is 0.120. The van der Waals surface area contributed by atoms with Gasteiger partial charge in [0.15, 0.2) is 5.79 Å². The van der Waals surface area contributed by atoms with Gasteiger partial charge in [-0.1, -0.05) is 50.3 Å². The third-order valence-corrected chi connectivity index (χ3v) is 12.1. The van der Waals surface area contributed by atoms with Gasteiger partial charge in [-0.05, 0) is 73.6 Å². The third kappa shape index (κ3) is 6.01. The molecule has 7 nitrogen and oxygen atoms in total. The fraction of sp³-hybridized carbons (Fsp3) is 0.703. The minimum atomic E-state index is -5.92. The van der Waals surface area contributed by atoms with Crippen LogP contribution in [0.4, 0.5) is 22.0 Å². The molecule has 49 heavy (non-hydrogen) atoms. The fourth-order valence-corrected chi connectivity index (χ4v) is 9.49. The second kappa shape index (κ2) is 12.3. The largest absolute Gasteiger partial charge is 0.467 e. The number of methoxy groups -OCH3 is 1. The summed E-state index contributed by atoms with van der Waals surface area (Å²) in [6.45, 7) is 6.16.